The van der Waals surface area contributed by atoms with E-state index in [4.69, 9.17) is 4.74 Å². The van der Waals surface area contributed by atoms with Gasteiger partial charge in [-0.25, -0.2) is 4.39 Å². The number of nitro groups is 1. The number of benzene rings is 3. The molecule has 0 amide bonds. The van der Waals surface area contributed by atoms with E-state index >= 15 is 0 Å². The summed E-state index contributed by atoms with van der Waals surface area (Å²) in [4.78, 5) is 10.2. The molecule has 0 saturated carbocycles. The molecule has 1 N–H and O–H groups in total. The second-order valence-electron chi connectivity index (χ2n) is 5.62. The fraction of sp³-hybridized carbons (Fsp3) is 0.0500. The number of hydrazone groups is 1. The Morgan fingerprint density at radius 2 is 1.74 bits per heavy atom. The Kier molecular flexibility index (Phi) is 5.73. The fourth-order valence-corrected chi connectivity index (χ4v) is 2.27. The van der Waals surface area contributed by atoms with Crippen molar-refractivity contribution < 1.29 is 14.1 Å². The first kappa shape index (κ1) is 18.1. The molecule has 0 aliphatic rings. The van der Waals surface area contributed by atoms with Crippen LogP contribution in [0.2, 0.25) is 0 Å². The minimum Gasteiger partial charge on any atom is -0.489 e. The highest BCUT2D eigenvalue weighted by Gasteiger charge is 2.03. The van der Waals surface area contributed by atoms with Gasteiger partial charge >= 0.3 is 0 Å². The van der Waals surface area contributed by atoms with Gasteiger partial charge in [-0.05, 0) is 48.0 Å². The van der Waals surface area contributed by atoms with Crippen LogP contribution in [0.15, 0.2) is 77.9 Å². The van der Waals surface area contributed by atoms with Gasteiger partial charge in [0, 0.05) is 17.7 Å². The minimum absolute atomic E-state index is 0.0236. The molecule has 0 fully saturated rings. The normalized spacial score (nSPS) is 10.7. The zero-order chi connectivity index (χ0) is 19.1. The lowest BCUT2D eigenvalue weighted by Crippen LogP contribution is -1.98. The molecule has 27 heavy (non-hydrogen) atoms. The Bertz CT molecular complexity index is 941. The maximum absolute atomic E-state index is 13.6. The molecule has 0 aliphatic heterocycles. The molecular formula is C20H16FN3O3. The average molecular weight is 365 g/mol. The summed E-state index contributed by atoms with van der Waals surface area (Å²) >= 11 is 0. The molecule has 0 radical (unpaired) electrons. The van der Waals surface area contributed by atoms with Crippen LogP contribution in [0.5, 0.6) is 5.75 Å². The van der Waals surface area contributed by atoms with Gasteiger partial charge < -0.3 is 4.74 Å². The van der Waals surface area contributed by atoms with E-state index in [1.165, 1.54) is 18.2 Å². The molecule has 0 saturated heterocycles. The van der Waals surface area contributed by atoms with Crippen LogP contribution in [0.25, 0.3) is 0 Å². The van der Waals surface area contributed by atoms with Crippen molar-refractivity contribution in [1.82, 2.24) is 0 Å². The van der Waals surface area contributed by atoms with E-state index in [1.54, 1.807) is 48.7 Å². The number of nitro benzene ring substituents is 1. The first-order chi connectivity index (χ1) is 13.1. The van der Waals surface area contributed by atoms with Gasteiger partial charge in [0.25, 0.3) is 5.69 Å². The maximum atomic E-state index is 13.6. The SMILES string of the molecule is O=[N+]([O-])c1ccc(N/N=C/c2ccc(OCc3ccccc3F)cc2)cc1. The number of nitrogens with zero attached hydrogens (tertiary/aromatic N) is 2. The lowest BCUT2D eigenvalue weighted by Gasteiger charge is -2.07. The lowest BCUT2D eigenvalue weighted by atomic mass is 10.2. The van der Waals surface area contributed by atoms with Gasteiger partial charge in [0.1, 0.15) is 18.2 Å². The molecule has 3 rings (SSSR count). The van der Waals surface area contributed by atoms with E-state index in [1.807, 2.05) is 12.1 Å². The summed E-state index contributed by atoms with van der Waals surface area (Å²) in [5.74, 6) is 0.331. The highest BCUT2D eigenvalue weighted by atomic mass is 19.1. The molecule has 6 nitrogen and oxygen atoms in total. The first-order valence-corrected chi connectivity index (χ1v) is 8.11. The summed E-state index contributed by atoms with van der Waals surface area (Å²) in [6.07, 6.45) is 1.61. The third-order valence-electron chi connectivity index (χ3n) is 3.72. The summed E-state index contributed by atoms with van der Waals surface area (Å²) in [5.41, 5.74) is 4.80. The highest BCUT2D eigenvalue weighted by Crippen LogP contribution is 2.16. The summed E-state index contributed by atoms with van der Waals surface area (Å²) in [5, 5.41) is 14.7. The molecule has 7 heteroatoms. The molecular weight excluding hydrogens is 349 g/mol. The number of nitrogens with one attached hydrogen (secondary N) is 1. The molecule has 0 aromatic heterocycles. The van der Waals surface area contributed by atoms with Crippen LogP contribution in [-0.4, -0.2) is 11.1 Å². The van der Waals surface area contributed by atoms with Crippen molar-refractivity contribution in [2.24, 2.45) is 5.10 Å². The smallest absolute Gasteiger partial charge is 0.269 e. The van der Waals surface area contributed by atoms with E-state index in [0.29, 0.717) is 17.0 Å². The highest BCUT2D eigenvalue weighted by molar-refractivity contribution is 5.80. The summed E-state index contributed by atoms with van der Waals surface area (Å²) in [7, 11) is 0. The number of anilines is 1. The van der Waals surface area contributed by atoms with Gasteiger partial charge in [-0.1, -0.05) is 18.2 Å². The van der Waals surface area contributed by atoms with Crippen LogP contribution < -0.4 is 10.2 Å². The number of non-ortho nitro benzene ring substituents is 1. The van der Waals surface area contributed by atoms with Crippen LogP contribution in [0.1, 0.15) is 11.1 Å². The predicted molar refractivity (Wildman–Crippen MR) is 101 cm³/mol. The topological polar surface area (TPSA) is 76.8 Å². The summed E-state index contributed by atoms with van der Waals surface area (Å²) in [6.45, 7) is 0.155. The van der Waals surface area contributed by atoms with Crippen molar-refractivity contribution in [3.63, 3.8) is 0 Å². The molecule has 0 spiro atoms. The van der Waals surface area contributed by atoms with Gasteiger partial charge in [0.05, 0.1) is 16.8 Å². The van der Waals surface area contributed by atoms with Crippen molar-refractivity contribution in [1.29, 1.82) is 0 Å². The first-order valence-electron chi connectivity index (χ1n) is 8.11. The van der Waals surface area contributed by atoms with E-state index < -0.39 is 4.92 Å². The average Bonchev–Trinajstić information content (AvgIpc) is 2.69. The monoisotopic (exact) mass is 365 g/mol. The molecule has 3 aromatic rings. The Morgan fingerprint density at radius 3 is 2.41 bits per heavy atom. The third-order valence-corrected chi connectivity index (χ3v) is 3.72. The van der Waals surface area contributed by atoms with Crippen molar-refractivity contribution >= 4 is 17.6 Å². The molecule has 0 bridgehead atoms. The van der Waals surface area contributed by atoms with Crippen LogP contribution >= 0.6 is 0 Å². The van der Waals surface area contributed by atoms with Gasteiger partial charge in [-0.15, -0.1) is 0 Å². The van der Waals surface area contributed by atoms with Gasteiger partial charge in [0.2, 0.25) is 0 Å². The summed E-state index contributed by atoms with van der Waals surface area (Å²) < 4.78 is 19.1. The van der Waals surface area contributed by atoms with Crippen LogP contribution in [-0.2, 0) is 6.61 Å². The van der Waals surface area contributed by atoms with Crippen LogP contribution in [0.4, 0.5) is 15.8 Å². The van der Waals surface area contributed by atoms with Crippen molar-refractivity contribution in [3.8, 4) is 5.75 Å². The zero-order valence-electron chi connectivity index (χ0n) is 14.2. The standard InChI is InChI=1S/C20H16FN3O3/c21-20-4-2-1-3-16(20)14-27-19-11-5-15(6-12-19)13-22-23-17-7-9-18(10-8-17)24(25)26/h1-13,23H,14H2/b22-13+. The second-order valence-corrected chi connectivity index (χ2v) is 5.62. The van der Waals surface area contributed by atoms with E-state index in [2.05, 4.69) is 10.5 Å². The Labute approximate surface area is 155 Å². The van der Waals surface area contributed by atoms with Crippen LogP contribution in [0, 0.1) is 15.9 Å². The van der Waals surface area contributed by atoms with Crippen molar-refractivity contribution in [3.05, 3.63) is 99.9 Å². The largest absolute Gasteiger partial charge is 0.489 e. The summed E-state index contributed by atoms with van der Waals surface area (Å²) in [6, 6.07) is 19.6. The van der Waals surface area contributed by atoms with Crippen molar-refractivity contribution in [2.45, 2.75) is 6.61 Å². The Morgan fingerprint density at radius 1 is 1.04 bits per heavy atom. The maximum Gasteiger partial charge on any atom is 0.269 e. The Balaban J connectivity index is 1.53. The quantitative estimate of drug-likeness (QED) is 0.372. The van der Waals surface area contributed by atoms with Gasteiger partial charge in [0.15, 0.2) is 0 Å². The Hall–Kier alpha value is -3.74. The van der Waals surface area contributed by atoms with E-state index in [-0.39, 0.29) is 18.1 Å². The molecule has 136 valence electrons. The van der Waals surface area contributed by atoms with Crippen molar-refractivity contribution in [2.75, 3.05) is 5.43 Å². The number of rotatable bonds is 7. The molecule has 0 aliphatic carbocycles. The molecule has 0 atom stereocenters. The van der Waals surface area contributed by atoms with Gasteiger partial charge in [-0.3, -0.25) is 15.5 Å². The van der Waals surface area contributed by atoms with Crippen LogP contribution in [0.3, 0.4) is 0 Å². The third kappa shape index (κ3) is 5.12. The van der Waals surface area contributed by atoms with E-state index in [9.17, 15) is 14.5 Å². The minimum atomic E-state index is -0.456. The van der Waals surface area contributed by atoms with E-state index in [0.717, 1.165) is 5.56 Å². The number of hydrogen-bond acceptors (Lipinski definition) is 5. The second kappa shape index (κ2) is 8.57. The number of ether oxygens (including phenoxy) is 1. The predicted octanol–water partition coefficient (Wildman–Crippen LogP) is 4.76. The zero-order valence-corrected chi connectivity index (χ0v) is 14.2. The number of hydrogen-bond donors (Lipinski definition) is 1. The fourth-order valence-electron chi connectivity index (χ4n) is 2.27. The lowest BCUT2D eigenvalue weighted by molar-refractivity contribution is -0.384. The van der Waals surface area contributed by atoms with Gasteiger partial charge in [-0.2, -0.15) is 5.10 Å². The molecule has 3 aromatic carbocycles. The number of halogens is 1. The molecule has 0 unspecified atom stereocenters. The molecule has 0 heterocycles.